The summed E-state index contributed by atoms with van der Waals surface area (Å²) in [4.78, 5) is 23.6. The van der Waals surface area contributed by atoms with Crippen molar-refractivity contribution in [1.29, 1.82) is 0 Å². The molecule has 0 aliphatic heterocycles. The van der Waals surface area contributed by atoms with Crippen molar-refractivity contribution in [3.8, 4) is 0 Å². The highest BCUT2D eigenvalue weighted by atomic mass is 32.1. The first-order valence-electron chi connectivity index (χ1n) is 6.03. The largest absolute Gasteiger partial charge is 0.318 e. The fourth-order valence-electron chi connectivity index (χ4n) is 1.62. The van der Waals surface area contributed by atoms with Crippen molar-refractivity contribution in [3.05, 3.63) is 47.3 Å². The summed E-state index contributed by atoms with van der Waals surface area (Å²) in [6, 6.07) is 12.9. The van der Waals surface area contributed by atoms with E-state index in [0.717, 1.165) is 5.69 Å². The number of benzene rings is 1. The van der Waals surface area contributed by atoms with Crippen molar-refractivity contribution in [2.75, 3.05) is 17.4 Å². The fourth-order valence-corrected chi connectivity index (χ4v) is 2.47. The molecule has 0 unspecified atom stereocenters. The van der Waals surface area contributed by atoms with Gasteiger partial charge in [0.05, 0.1) is 15.6 Å². The van der Waals surface area contributed by atoms with E-state index in [4.69, 9.17) is 0 Å². The monoisotopic (exact) mass is 289 g/mol. The highest BCUT2D eigenvalue weighted by Gasteiger charge is 2.11. The lowest BCUT2D eigenvalue weighted by Crippen LogP contribution is -2.38. The second kappa shape index (κ2) is 6.21. The lowest BCUT2D eigenvalue weighted by Gasteiger charge is -2.19. The van der Waals surface area contributed by atoms with Crippen molar-refractivity contribution in [1.82, 2.24) is 5.43 Å². The van der Waals surface area contributed by atoms with Crippen molar-refractivity contribution < 1.29 is 9.59 Å². The van der Waals surface area contributed by atoms with E-state index < -0.39 is 0 Å². The molecule has 6 heteroatoms. The third kappa shape index (κ3) is 3.58. The summed E-state index contributed by atoms with van der Waals surface area (Å²) < 4.78 is 0. The van der Waals surface area contributed by atoms with Crippen molar-refractivity contribution in [2.24, 2.45) is 0 Å². The highest BCUT2D eigenvalue weighted by molar-refractivity contribution is 7.18. The Bertz CT molecular complexity index is 610. The van der Waals surface area contributed by atoms with Gasteiger partial charge < -0.3 is 5.32 Å². The maximum absolute atomic E-state index is 12.1. The van der Waals surface area contributed by atoms with Crippen LogP contribution in [0.25, 0.3) is 0 Å². The van der Waals surface area contributed by atoms with E-state index >= 15 is 0 Å². The molecule has 2 rings (SSSR count). The Labute approximate surface area is 121 Å². The molecular formula is C14H15N3O2S. The molecule has 20 heavy (non-hydrogen) atoms. The number of nitrogens with zero attached hydrogens (tertiary/aromatic N) is 1. The van der Waals surface area contributed by atoms with Crippen LogP contribution in [0.3, 0.4) is 0 Å². The minimum absolute atomic E-state index is 0.153. The van der Waals surface area contributed by atoms with Gasteiger partial charge in [-0.2, -0.15) is 0 Å². The number of rotatable bonds is 4. The third-order valence-electron chi connectivity index (χ3n) is 2.54. The first kappa shape index (κ1) is 14.1. The number of hydrogen-bond acceptors (Lipinski definition) is 4. The van der Waals surface area contributed by atoms with Gasteiger partial charge in [-0.25, -0.2) is 0 Å². The van der Waals surface area contributed by atoms with Gasteiger partial charge in [0.15, 0.2) is 0 Å². The van der Waals surface area contributed by atoms with Crippen LogP contribution in [0.4, 0.5) is 10.7 Å². The van der Waals surface area contributed by atoms with E-state index in [0.29, 0.717) is 9.88 Å². The normalized spacial score (nSPS) is 9.90. The van der Waals surface area contributed by atoms with Crippen molar-refractivity contribution in [3.63, 3.8) is 0 Å². The summed E-state index contributed by atoms with van der Waals surface area (Å²) in [6.07, 6.45) is 0. The summed E-state index contributed by atoms with van der Waals surface area (Å²) in [5.74, 6) is -0.363. The van der Waals surface area contributed by atoms with Gasteiger partial charge in [0, 0.05) is 14.0 Å². The predicted octanol–water partition coefficient (Wildman–Crippen LogP) is 2.49. The summed E-state index contributed by atoms with van der Waals surface area (Å²) in [5, 5.41) is 4.96. The number of thiophene rings is 1. The molecule has 0 aliphatic carbocycles. The molecule has 0 bridgehead atoms. The molecule has 0 saturated carbocycles. The molecule has 5 nitrogen and oxygen atoms in total. The Morgan fingerprint density at radius 1 is 1.10 bits per heavy atom. The molecule has 1 heterocycles. The highest BCUT2D eigenvalue weighted by Crippen LogP contribution is 2.22. The van der Waals surface area contributed by atoms with E-state index in [9.17, 15) is 9.59 Å². The fraction of sp³-hybridized carbons (Fsp3) is 0.143. The van der Waals surface area contributed by atoms with Crippen LogP contribution < -0.4 is 15.8 Å². The van der Waals surface area contributed by atoms with Crippen LogP contribution >= 0.6 is 11.3 Å². The van der Waals surface area contributed by atoms with Gasteiger partial charge in [0.1, 0.15) is 0 Å². The Balaban J connectivity index is 2.01. The lowest BCUT2D eigenvalue weighted by atomic mass is 10.3. The quantitative estimate of drug-likeness (QED) is 0.850. The maximum atomic E-state index is 12.1. The molecule has 104 valence electrons. The van der Waals surface area contributed by atoms with Crippen LogP contribution in [-0.4, -0.2) is 18.9 Å². The molecule has 0 spiro atoms. The van der Waals surface area contributed by atoms with E-state index in [2.05, 4.69) is 10.7 Å². The number of nitrogens with one attached hydrogen (secondary N) is 2. The first-order chi connectivity index (χ1) is 9.56. The zero-order valence-corrected chi connectivity index (χ0v) is 12.0. The molecule has 2 N–H and O–H groups in total. The number of hydrogen-bond donors (Lipinski definition) is 2. The van der Waals surface area contributed by atoms with Gasteiger partial charge >= 0.3 is 0 Å². The summed E-state index contributed by atoms with van der Waals surface area (Å²) in [6.45, 7) is 1.43. The smallest absolute Gasteiger partial charge is 0.279 e. The van der Waals surface area contributed by atoms with Gasteiger partial charge in [-0.3, -0.25) is 20.0 Å². The summed E-state index contributed by atoms with van der Waals surface area (Å²) >= 11 is 1.24. The molecule has 0 fully saturated rings. The second-order valence-electron chi connectivity index (χ2n) is 4.18. The van der Waals surface area contributed by atoms with Gasteiger partial charge in [-0.05, 0) is 24.3 Å². The second-order valence-corrected chi connectivity index (χ2v) is 5.26. The Kier molecular flexibility index (Phi) is 4.37. The molecule has 1 aromatic heterocycles. The molecule has 0 radical (unpaired) electrons. The standard InChI is InChI=1S/C14H15N3O2S/c1-10(18)15-13-9-8-12(20-13)14(19)16-17(2)11-6-4-3-5-7-11/h3-9H,1-2H3,(H,15,18)(H,16,19). The number of anilines is 2. The molecule has 0 aliphatic rings. The minimum atomic E-state index is -0.210. The maximum Gasteiger partial charge on any atom is 0.279 e. The summed E-state index contributed by atoms with van der Waals surface area (Å²) in [7, 11) is 1.77. The Morgan fingerprint density at radius 3 is 2.45 bits per heavy atom. The minimum Gasteiger partial charge on any atom is -0.318 e. The number of carbonyl (C=O) groups excluding carboxylic acids is 2. The van der Waals surface area contributed by atoms with Gasteiger partial charge in [0.25, 0.3) is 5.91 Å². The van der Waals surface area contributed by atoms with E-state index in [-0.39, 0.29) is 11.8 Å². The zero-order valence-electron chi connectivity index (χ0n) is 11.2. The van der Waals surface area contributed by atoms with Gasteiger partial charge in [0.2, 0.25) is 5.91 Å². The van der Waals surface area contributed by atoms with Gasteiger partial charge in [-0.15, -0.1) is 11.3 Å². The zero-order chi connectivity index (χ0) is 14.5. The molecular weight excluding hydrogens is 274 g/mol. The number of para-hydroxylation sites is 1. The van der Waals surface area contributed by atoms with Crippen LogP contribution in [-0.2, 0) is 4.79 Å². The average Bonchev–Trinajstić information content (AvgIpc) is 2.87. The van der Waals surface area contributed by atoms with Crippen molar-refractivity contribution in [2.45, 2.75) is 6.92 Å². The van der Waals surface area contributed by atoms with E-state index in [1.165, 1.54) is 18.3 Å². The molecule has 2 amide bonds. The van der Waals surface area contributed by atoms with Gasteiger partial charge in [-0.1, -0.05) is 18.2 Å². The Morgan fingerprint density at radius 2 is 1.80 bits per heavy atom. The predicted molar refractivity (Wildman–Crippen MR) is 80.9 cm³/mol. The number of amides is 2. The lowest BCUT2D eigenvalue weighted by molar-refractivity contribution is -0.114. The third-order valence-corrected chi connectivity index (χ3v) is 3.54. The molecule has 0 saturated heterocycles. The van der Waals surface area contributed by atoms with Crippen LogP contribution in [0, 0.1) is 0 Å². The average molecular weight is 289 g/mol. The first-order valence-corrected chi connectivity index (χ1v) is 6.85. The molecule has 0 atom stereocenters. The van der Waals surface area contributed by atoms with Crippen molar-refractivity contribution >= 4 is 33.8 Å². The molecule has 2 aromatic rings. The van der Waals surface area contributed by atoms with E-state index in [1.807, 2.05) is 30.3 Å². The van der Waals surface area contributed by atoms with E-state index in [1.54, 1.807) is 24.2 Å². The summed E-state index contributed by atoms with van der Waals surface area (Å²) in [5.41, 5.74) is 3.66. The molecule has 1 aromatic carbocycles. The van der Waals surface area contributed by atoms with Crippen LogP contribution in [0.15, 0.2) is 42.5 Å². The Hall–Kier alpha value is -2.34. The van der Waals surface area contributed by atoms with Crippen LogP contribution in [0.2, 0.25) is 0 Å². The number of hydrazine groups is 1. The van der Waals surface area contributed by atoms with Crippen LogP contribution in [0.1, 0.15) is 16.6 Å². The number of carbonyl (C=O) groups is 2. The SMILES string of the molecule is CC(=O)Nc1ccc(C(=O)NN(C)c2ccccc2)s1. The topological polar surface area (TPSA) is 61.4 Å². The van der Waals surface area contributed by atoms with Crippen LogP contribution in [0.5, 0.6) is 0 Å².